The van der Waals surface area contributed by atoms with E-state index in [2.05, 4.69) is 6.92 Å². The molecule has 0 radical (unpaired) electrons. The predicted octanol–water partition coefficient (Wildman–Crippen LogP) is 2.31. The molecule has 2 unspecified atom stereocenters. The maximum atomic E-state index is 12.2. The van der Waals surface area contributed by atoms with Gasteiger partial charge in [-0.2, -0.15) is 0 Å². The molecule has 1 aliphatic rings. The molecule has 92 valence electrons. The van der Waals surface area contributed by atoms with Crippen molar-refractivity contribution in [1.82, 2.24) is 4.90 Å². The first-order valence-corrected chi connectivity index (χ1v) is 6.10. The summed E-state index contributed by atoms with van der Waals surface area (Å²) in [6.45, 7) is 5.03. The molecule has 0 bridgehead atoms. The Morgan fingerprint density at radius 3 is 2.71 bits per heavy atom. The summed E-state index contributed by atoms with van der Waals surface area (Å²) in [6, 6.07) is 5.45. The number of carbonyl (C=O) groups excluding carboxylic acids is 1. The summed E-state index contributed by atoms with van der Waals surface area (Å²) in [5.41, 5.74) is 8.10. The second kappa shape index (κ2) is 4.40. The van der Waals surface area contributed by atoms with E-state index in [1.54, 1.807) is 6.07 Å². The third-order valence-electron chi connectivity index (χ3n) is 3.61. The van der Waals surface area contributed by atoms with Crippen LogP contribution in [0, 0.1) is 18.8 Å². The van der Waals surface area contributed by atoms with Gasteiger partial charge in [0.05, 0.1) is 0 Å². The number of hydrogen-bond donors (Lipinski definition) is 1. The van der Waals surface area contributed by atoms with Crippen LogP contribution >= 0.6 is 0 Å². The lowest BCUT2D eigenvalue weighted by Crippen LogP contribution is -2.29. The molecule has 2 rings (SSSR count). The second-order valence-corrected chi connectivity index (χ2v) is 5.23. The highest BCUT2D eigenvalue weighted by molar-refractivity contribution is 5.95. The molecule has 0 aliphatic heterocycles. The van der Waals surface area contributed by atoms with Crippen molar-refractivity contribution in [2.45, 2.75) is 20.3 Å². The van der Waals surface area contributed by atoms with Gasteiger partial charge in [-0.15, -0.1) is 0 Å². The Morgan fingerprint density at radius 2 is 2.18 bits per heavy atom. The van der Waals surface area contributed by atoms with Crippen LogP contribution in [-0.2, 0) is 0 Å². The van der Waals surface area contributed by atoms with Crippen LogP contribution in [0.15, 0.2) is 18.2 Å². The Bertz CT molecular complexity index is 442. The van der Waals surface area contributed by atoms with E-state index in [-0.39, 0.29) is 5.91 Å². The molecule has 3 heteroatoms. The summed E-state index contributed by atoms with van der Waals surface area (Å²) in [7, 11) is 1.88. The molecule has 1 amide bonds. The van der Waals surface area contributed by atoms with Crippen molar-refractivity contribution in [1.29, 1.82) is 0 Å². The van der Waals surface area contributed by atoms with Crippen LogP contribution < -0.4 is 5.73 Å². The number of nitrogen functional groups attached to an aromatic ring is 1. The molecule has 1 fully saturated rings. The average Bonchev–Trinajstić information content (AvgIpc) is 2.93. The minimum atomic E-state index is 0.0987. The molecular formula is C14H20N2O. The van der Waals surface area contributed by atoms with Crippen LogP contribution in [0.3, 0.4) is 0 Å². The monoisotopic (exact) mass is 232 g/mol. The van der Waals surface area contributed by atoms with E-state index in [9.17, 15) is 4.79 Å². The van der Waals surface area contributed by atoms with Gasteiger partial charge in [-0.1, -0.05) is 6.92 Å². The molecule has 2 atom stereocenters. The smallest absolute Gasteiger partial charge is 0.253 e. The number of carbonyl (C=O) groups is 1. The van der Waals surface area contributed by atoms with Gasteiger partial charge in [0.1, 0.15) is 0 Å². The zero-order valence-electron chi connectivity index (χ0n) is 10.7. The number of hydrogen-bond acceptors (Lipinski definition) is 2. The van der Waals surface area contributed by atoms with Gasteiger partial charge in [-0.05, 0) is 48.9 Å². The highest BCUT2D eigenvalue weighted by Gasteiger charge is 2.34. The molecule has 0 spiro atoms. The van der Waals surface area contributed by atoms with Crippen molar-refractivity contribution < 1.29 is 4.79 Å². The van der Waals surface area contributed by atoms with Gasteiger partial charge in [0.2, 0.25) is 0 Å². The van der Waals surface area contributed by atoms with Crippen LogP contribution in [0.5, 0.6) is 0 Å². The van der Waals surface area contributed by atoms with Crippen LogP contribution in [-0.4, -0.2) is 24.4 Å². The van der Waals surface area contributed by atoms with Crippen molar-refractivity contribution in [2.75, 3.05) is 19.3 Å². The third-order valence-corrected chi connectivity index (χ3v) is 3.61. The van der Waals surface area contributed by atoms with Gasteiger partial charge < -0.3 is 10.6 Å². The van der Waals surface area contributed by atoms with Crippen molar-refractivity contribution in [3.63, 3.8) is 0 Å². The fourth-order valence-corrected chi connectivity index (χ4v) is 2.22. The first-order valence-electron chi connectivity index (χ1n) is 6.10. The molecular weight excluding hydrogens is 212 g/mol. The minimum Gasteiger partial charge on any atom is -0.399 e. The van der Waals surface area contributed by atoms with Crippen LogP contribution in [0.1, 0.15) is 29.3 Å². The Kier molecular flexibility index (Phi) is 3.09. The average molecular weight is 232 g/mol. The van der Waals surface area contributed by atoms with Gasteiger partial charge in [0.25, 0.3) is 5.91 Å². The molecule has 1 aliphatic carbocycles. The molecule has 0 aromatic heterocycles. The van der Waals surface area contributed by atoms with E-state index in [1.165, 1.54) is 6.42 Å². The maximum absolute atomic E-state index is 12.2. The summed E-state index contributed by atoms with van der Waals surface area (Å²) >= 11 is 0. The fourth-order valence-electron chi connectivity index (χ4n) is 2.22. The Balaban J connectivity index is 2.07. The molecule has 1 aromatic rings. The van der Waals surface area contributed by atoms with Crippen molar-refractivity contribution >= 4 is 11.6 Å². The highest BCUT2D eigenvalue weighted by Crippen LogP contribution is 2.38. The molecule has 17 heavy (non-hydrogen) atoms. The summed E-state index contributed by atoms with van der Waals surface area (Å²) in [6.07, 6.45) is 1.25. The van der Waals surface area contributed by atoms with Crippen LogP contribution in [0.2, 0.25) is 0 Å². The van der Waals surface area contributed by atoms with Crippen LogP contribution in [0.25, 0.3) is 0 Å². The molecule has 0 heterocycles. The van der Waals surface area contributed by atoms with E-state index in [0.29, 0.717) is 11.6 Å². The third kappa shape index (κ3) is 2.60. The number of nitrogens with zero attached hydrogens (tertiary/aromatic N) is 1. The Morgan fingerprint density at radius 1 is 1.53 bits per heavy atom. The van der Waals surface area contributed by atoms with Gasteiger partial charge in [-0.25, -0.2) is 0 Å². The minimum absolute atomic E-state index is 0.0987. The number of aryl methyl sites for hydroxylation is 1. The number of benzene rings is 1. The summed E-state index contributed by atoms with van der Waals surface area (Å²) in [4.78, 5) is 14.1. The molecule has 1 aromatic carbocycles. The topological polar surface area (TPSA) is 46.3 Å². The quantitative estimate of drug-likeness (QED) is 0.813. The van der Waals surface area contributed by atoms with Gasteiger partial charge in [-0.3, -0.25) is 4.79 Å². The standard InChI is InChI=1S/C14H20N2O/c1-9-6-11(9)8-16(3)14(17)13-5-4-12(15)7-10(13)2/h4-5,7,9,11H,6,8,15H2,1-3H3. The van der Waals surface area contributed by atoms with Gasteiger partial charge >= 0.3 is 0 Å². The summed E-state index contributed by atoms with van der Waals surface area (Å²) in [5, 5.41) is 0. The SMILES string of the molecule is Cc1cc(N)ccc1C(=O)N(C)CC1CC1C. The predicted molar refractivity (Wildman–Crippen MR) is 69.8 cm³/mol. The summed E-state index contributed by atoms with van der Waals surface area (Å²) < 4.78 is 0. The van der Waals surface area contributed by atoms with Crippen molar-refractivity contribution in [3.05, 3.63) is 29.3 Å². The first-order chi connectivity index (χ1) is 7.99. The first kappa shape index (κ1) is 12.0. The second-order valence-electron chi connectivity index (χ2n) is 5.23. The Labute approximate surface area is 103 Å². The van der Waals surface area contributed by atoms with E-state index < -0.39 is 0 Å². The van der Waals surface area contributed by atoms with Crippen molar-refractivity contribution in [2.24, 2.45) is 11.8 Å². The fraction of sp³-hybridized carbons (Fsp3) is 0.500. The highest BCUT2D eigenvalue weighted by atomic mass is 16.2. The maximum Gasteiger partial charge on any atom is 0.253 e. The zero-order valence-corrected chi connectivity index (χ0v) is 10.7. The van der Waals surface area contributed by atoms with Crippen molar-refractivity contribution in [3.8, 4) is 0 Å². The lowest BCUT2D eigenvalue weighted by molar-refractivity contribution is 0.0786. The van der Waals surface area contributed by atoms with Gasteiger partial charge in [0.15, 0.2) is 0 Å². The number of nitrogens with two attached hydrogens (primary N) is 1. The molecule has 3 nitrogen and oxygen atoms in total. The number of anilines is 1. The largest absolute Gasteiger partial charge is 0.399 e. The number of rotatable bonds is 3. The molecule has 0 saturated heterocycles. The van der Waals surface area contributed by atoms with E-state index >= 15 is 0 Å². The van der Waals surface area contributed by atoms with E-state index in [1.807, 2.05) is 31.0 Å². The van der Waals surface area contributed by atoms with Crippen LogP contribution in [0.4, 0.5) is 5.69 Å². The lowest BCUT2D eigenvalue weighted by Gasteiger charge is -2.18. The van der Waals surface area contributed by atoms with E-state index in [4.69, 9.17) is 5.73 Å². The normalized spacial score (nSPS) is 22.3. The Hall–Kier alpha value is -1.51. The molecule has 1 saturated carbocycles. The number of amides is 1. The van der Waals surface area contributed by atoms with Gasteiger partial charge in [0, 0.05) is 24.8 Å². The van der Waals surface area contributed by atoms with E-state index in [0.717, 1.165) is 23.6 Å². The molecule has 2 N–H and O–H groups in total. The summed E-state index contributed by atoms with van der Waals surface area (Å²) in [5.74, 6) is 1.57. The zero-order chi connectivity index (χ0) is 12.6. The lowest BCUT2D eigenvalue weighted by atomic mass is 10.1.